The Labute approximate surface area is 146 Å². The molecule has 0 saturated carbocycles. The number of benzene rings is 2. The van der Waals surface area contributed by atoms with Gasteiger partial charge in [0.2, 0.25) is 0 Å². The highest BCUT2D eigenvalue weighted by molar-refractivity contribution is 9.10. The van der Waals surface area contributed by atoms with E-state index in [2.05, 4.69) is 21.2 Å². The fraction of sp³-hybridized carbons (Fsp3) is 0.133. The van der Waals surface area contributed by atoms with E-state index in [-0.39, 0.29) is 11.9 Å². The molecular formula is C15H11BrCl3NO. The van der Waals surface area contributed by atoms with Crippen molar-refractivity contribution in [3.8, 4) is 0 Å². The van der Waals surface area contributed by atoms with Gasteiger partial charge in [0.05, 0.1) is 26.7 Å². The van der Waals surface area contributed by atoms with E-state index in [1.165, 1.54) is 0 Å². The molecule has 1 atom stereocenters. The molecule has 1 unspecified atom stereocenters. The van der Waals surface area contributed by atoms with Gasteiger partial charge in [-0.2, -0.15) is 0 Å². The maximum Gasteiger partial charge on any atom is 0.253 e. The van der Waals surface area contributed by atoms with Gasteiger partial charge < -0.3 is 5.32 Å². The topological polar surface area (TPSA) is 29.1 Å². The second-order valence-electron chi connectivity index (χ2n) is 4.49. The lowest BCUT2D eigenvalue weighted by Crippen LogP contribution is -2.26. The van der Waals surface area contributed by atoms with Crippen LogP contribution in [0, 0.1) is 0 Å². The highest BCUT2D eigenvalue weighted by Gasteiger charge is 2.15. The summed E-state index contributed by atoms with van der Waals surface area (Å²) in [5, 5.41) is 4.22. The average Bonchev–Trinajstić information content (AvgIpc) is 2.44. The van der Waals surface area contributed by atoms with Gasteiger partial charge in [0, 0.05) is 4.47 Å². The SMILES string of the molecule is CC(NC(=O)c1cc(Br)ccc1Cl)c1ccc(Cl)c(Cl)c1. The van der Waals surface area contributed by atoms with Crippen LogP contribution < -0.4 is 5.32 Å². The minimum absolute atomic E-state index is 0.220. The smallest absolute Gasteiger partial charge is 0.253 e. The van der Waals surface area contributed by atoms with E-state index < -0.39 is 0 Å². The zero-order chi connectivity index (χ0) is 15.6. The summed E-state index contributed by atoms with van der Waals surface area (Å²) in [6.45, 7) is 1.86. The molecule has 0 aliphatic rings. The lowest BCUT2D eigenvalue weighted by molar-refractivity contribution is 0.0940. The highest BCUT2D eigenvalue weighted by Crippen LogP contribution is 2.26. The number of halogens is 4. The number of hydrogen-bond donors (Lipinski definition) is 1. The molecule has 0 bridgehead atoms. The number of amides is 1. The molecule has 0 aliphatic carbocycles. The number of hydrogen-bond acceptors (Lipinski definition) is 1. The normalized spacial score (nSPS) is 12.0. The molecule has 6 heteroatoms. The van der Waals surface area contributed by atoms with Gasteiger partial charge in [-0.15, -0.1) is 0 Å². The summed E-state index contributed by atoms with van der Waals surface area (Å²) in [5.41, 5.74) is 1.28. The molecule has 2 aromatic carbocycles. The quantitative estimate of drug-likeness (QED) is 0.674. The third-order valence-electron chi connectivity index (χ3n) is 2.96. The van der Waals surface area contributed by atoms with E-state index in [1.54, 1.807) is 30.3 Å². The molecule has 2 rings (SSSR count). The molecule has 0 aromatic heterocycles. The van der Waals surface area contributed by atoms with Crippen molar-refractivity contribution in [1.29, 1.82) is 0 Å². The molecule has 0 fully saturated rings. The van der Waals surface area contributed by atoms with Crippen LogP contribution in [-0.4, -0.2) is 5.91 Å². The fourth-order valence-corrected chi connectivity index (χ4v) is 2.68. The van der Waals surface area contributed by atoms with Crippen LogP contribution in [0.25, 0.3) is 0 Å². The van der Waals surface area contributed by atoms with Crippen molar-refractivity contribution in [3.05, 3.63) is 67.1 Å². The predicted octanol–water partition coefficient (Wildman–Crippen LogP) is 5.90. The summed E-state index contributed by atoms with van der Waals surface area (Å²) in [7, 11) is 0. The second-order valence-corrected chi connectivity index (χ2v) is 6.63. The van der Waals surface area contributed by atoms with Gasteiger partial charge in [-0.25, -0.2) is 0 Å². The third kappa shape index (κ3) is 4.13. The zero-order valence-electron chi connectivity index (χ0n) is 11.0. The Hall–Kier alpha value is -0.740. The van der Waals surface area contributed by atoms with Gasteiger partial charge in [0.1, 0.15) is 0 Å². The molecule has 21 heavy (non-hydrogen) atoms. The van der Waals surface area contributed by atoms with Crippen LogP contribution in [0.1, 0.15) is 28.9 Å². The summed E-state index contributed by atoms with van der Waals surface area (Å²) in [6.07, 6.45) is 0. The van der Waals surface area contributed by atoms with Crippen LogP contribution >= 0.6 is 50.7 Å². The van der Waals surface area contributed by atoms with Crippen molar-refractivity contribution < 1.29 is 4.79 Å². The van der Waals surface area contributed by atoms with E-state index in [0.29, 0.717) is 20.6 Å². The third-order valence-corrected chi connectivity index (χ3v) is 4.53. The number of carbonyl (C=O) groups is 1. The van der Waals surface area contributed by atoms with E-state index in [0.717, 1.165) is 10.0 Å². The van der Waals surface area contributed by atoms with Gasteiger partial charge in [0.25, 0.3) is 5.91 Å². The second kappa shape index (κ2) is 7.01. The first-order chi connectivity index (χ1) is 9.88. The molecule has 0 heterocycles. The van der Waals surface area contributed by atoms with Crippen LogP contribution in [0.2, 0.25) is 15.1 Å². The molecule has 0 radical (unpaired) electrons. The first kappa shape index (κ1) is 16.6. The van der Waals surface area contributed by atoms with Gasteiger partial charge in [0.15, 0.2) is 0 Å². The van der Waals surface area contributed by atoms with Crippen molar-refractivity contribution in [1.82, 2.24) is 5.32 Å². The Kier molecular flexibility index (Phi) is 5.55. The Bertz CT molecular complexity index is 691. The van der Waals surface area contributed by atoms with Crippen LogP contribution in [-0.2, 0) is 0 Å². The van der Waals surface area contributed by atoms with Gasteiger partial charge in [-0.3, -0.25) is 4.79 Å². The van der Waals surface area contributed by atoms with Crippen molar-refractivity contribution in [3.63, 3.8) is 0 Å². The zero-order valence-corrected chi connectivity index (χ0v) is 14.8. The van der Waals surface area contributed by atoms with Crippen molar-refractivity contribution in [2.45, 2.75) is 13.0 Å². The fourth-order valence-electron chi connectivity index (χ4n) is 1.81. The maximum atomic E-state index is 12.3. The molecule has 0 saturated heterocycles. The molecule has 2 nitrogen and oxygen atoms in total. The average molecular weight is 408 g/mol. The minimum Gasteiger partial charge on any atom is -0.345 e. The molecule has 0 spiro atoms. The van der Waals surface area contributed by atoms with E-state index in [1.807, 2.05) is 13.0 Å². The lowest BCUT2D eigenvalue weighted by atomic mass is 10.1. The van der Waals surface area contributed by atoms with Gasteiger partial charge in [-0.05, 0) is 42.8 Å². The van der Waals surface area contributed by atoms with Gasteiger partial charge >= 0.3 is 0 Å². The minimum atomic E-state index is -0.250. The van der Waals surface area contributed by atoms with Crippen molar-refractivity contribution in [2.75, 3.05) is 0 Å². The number of rotatable bonds is 3. The standard InChI is InChI=1S/C15H11BrCl3NO/c1-8(9-2-4-13(18)14(19)6-9)20-15(21)11-7-10(16)3-5-12(11)17/h2-8H,1H3,(H,20,21). The van der Waals surface area contributed by atoms with Crippen LogP contribution in [0.3, 0.4) is 0 Å². The van der Waals surface area contributed by atoms with E-state index in [4.69, 9.17) is 34.8 Å². The molecular weight excluding hydrogens is 396 g/mol. The molecule has 1 N–H and O–H groups in total. The summed E-state index contributed by atoms with van der Waals surface area (Å²) >= 11 is 21.2. The molecule has 1 amide bonds. The Morgan fingerprint density at radius 2 is 1.71 bits per heavy atom. The van der Waals surface area contributed by atoms with Gasteiger partial charge in [-0.1, -0.05) is 56.8 Å². The number of nitrogens with one attached hydrogen (secondary N) is 1. The molecule has 0 aliphatic heterocycles. The lowest BCUT2D eigenvalue weighted by Gasteiger charge is -2.15. The maximum absolute atomic E-state index is 12.3. The number of carbonyl (C=O) groups excluding carboxylic acids is 1. The highest BCUT2D eigenvalue weighted by atomic mass is 79.9. The predicted molar refractivity (Wildman–Crippen MR) is 91.5 cm³/mol. The van der Waals surface area contributed by atoms with Crippen LogP contribution in [0.4, 0.5) is 0 Å². The van der Waals surface area contributed by atoms with Crippen LogP contribution in [0.5, 0.6) is 0 Å². The Balaban J connectivity index is 2.18. The first-order valence-corrected chi connectivity index (χ1v) is 8.02. The van der Waals surface area contributed by atoms with E-state index >= 15 is 0 Å². The Morgan fingerprint density at radius 3 is 2.38 bits per heavy atom. The van der Waals surface area contributed by atoms with Crippen LogP contribution in [0.15, 0.2) is 40.9 Å². The monoisotopic (exact) mass is 405 g/mol. The summed E-state index contributed by atoms with van der Waals surface area (Å²) in [5.74, 6) is -0.250. The largest absolute Gasteiger partial charge is 0.345 e. The van der Waals surface area contributed by atoms with Crippen molar-refractivity contribution >= 4 is 56.6 Å². The molecule has 110 valence electrons. The summed E-state index contributed by atoms with van der Waals surface area (Å²) in [6, 6.07) is 10.2. The summed E-state index contributed by atoms with van der Waals surface area (Å²) < 4.78 is 0.791. The van der Waals surface area contributed by atoms with Crippen molar-refractivity contribution in [2.24, 2.45) is 0 Å². The van der Waals surface area contributed by atoms with E-state index in [9.17, 15) is 4.79 Å². The summed E-state index contributed by atoms with van der Waals surface area (Å²) in [4.78, 5) is 12.3. The first-order valence-electron chi connectivity index (χ1n) is 6.09. The Morgan fingerprint density at radius 1 is 1.05 bits per heavy atom. The molecule has 2 aromatic rings.